The highest BCUT2D eigenvalue weighted by molar-refractivity contribution is 14.1. The molecule has 4 aromatic carbocycles. The molecular formula is C29H20BrIN2O4. The highest BCUT2D eigenvalue weighted by Crippen LogP contribution is 2.33. The first-order valence-corrected chi connectivity index (χ1v) is 13.0. The summed E-state index contributed by atoms with van der Waals surface area (Å²) in [5.74, 6) is -0.351. The van der Waals surface area contributed by atoms with E-state index in [1.54, 1.807) is 18.2 Å². The topological polar surface area (TPSA) is 88.4 Å². The molecule has 0 aliphatic heterocycles. The molecule has 0 aliphatic carbocycles. The molecule has 37 heavy (non-hydrogen) atoms. The summed E-state index contributed by atoms with van der Waals surface area (Å²) in [5.41, 5.74) is 2.46. The second-order valence-corrected chi connectivity index (χ2v) is 9.99. The summed E-state index contributed by atoms with van der Waals surface area (Å²) >= 11 is 5.73. The first-order chi connectivity index (χ1) is 17.9. The zero-order valence-corrected chi connectivity index (χ0v) is 23.4. The maximum Gasteiger partial charge on any atom is 0.337 e. The number of hydrogen-bond acceptors (Lipinski definition) is 5. The van der Waals surface area contributed by atoms with Gasteiger partial charge in [0, 0.05) is 5.69 Å². The Morgan fingerprint density at radius 2 is 1.76 bits per heavy atom. The van der Waals surface area contributed by atoms with Crippen molar-refractivity contribution >= 4 is 72.9 Å². The number of carbonyl (C=O) groups excluding carboxylic acids is 2. The van der Waals surface area contributed by atoms with Crippen LogP contribution in [0.3, 0.4) is 0 Å². The number of anilines is 1. The minimum atomic E-state index is -0.559. The van der Waals surface area contributed by atoms with Crippen LogP contribution in [-0.4, -0.2) is 19.0 Å². The number of hydrogen-bond donors (Lipinski definition) is 1. The van der Waals surface area contributed by atoms with Gasteiger partial charge in [-0.1, -0.05) is 36.4 Å². The molecule has 0 bridgehead atoms. The summed E-state index contributed by atoms with van der Waals surface area (Å²) in [5, 5.41) is 14.6. The smallest absolute Gasteiger partial charge is 0.337 e. The minimum Gasteiger partial charge on any atom is -0.487 e. The number of amides is 1. The highest BCUT2D eigenvalue weighted by atomic mass is 127. The number of nitriles is 1. The van der Waals surface area contributed by atoms with Gasteiger partial charge in [-0.15, -0.1) is 0 Å². The predicted octanol–water partition coefficient (Wildman–Crippen LogP) is 7.12. The summed E-state index contributed by atoms with van der Waals surface area (Å²) < 4.78 is 12.3. The third kappa shape index (κ3) is 6.56. The molecule has 6 nitrogen and oxygen atoms in total. The largest absolute Gasteiger partial charge is 0.487 e. The third-order valence-electron chi connectivity index (χ3n) is 5.46. The van der Waals surface area contributed by atoms with E-state index in [9.17, 15) is 14.9 Å². The van der Waals surface area contributed by atoms with Crippen molar-refractivity contribution in [1.29, 1.82) is 5.26 Å². The second kappa shape index (κ2) is 12.0. The number of nitrogens with zero attached hydrogens (tertiary/aromatic N) is 1. The van der Waals surface area contributed by atoms with E-state index in [0.29, 0.717) is 33.6 Å². The van der Waals surface area contributed by atoms with Gasteiger partial charge in [-0.3, -0.25) is 4.79 Å². The van der Waals surface area contributed by atoms with Crippen LogP contribution in [0.4, 0.5) is 5.69 Å². The molecule has 0 atom stereocenters. The van der Waals surface area contributed by atoms with Crippen molar-refractivity contribution in [2.24, 2.45) is 0 Å². The molecule has 4 aromatic rings. The number of rotatable bonds is 7. The van der Waals surface area contributed by atoms with Crippen molar-refractivity contribution in [2.75, 3.05) is 12.4 Å². The van der Waals surface area contributed by atoms with Gasteiger partial charge in [0.05, 0.1) is 20.7 Å². The maximum absolute atomic E-state index is 12.7. The molecule has 0 fully saturated rings. The lowest BCUT2D eigenvalue weighted by atomic mass is 10.1. The number of carbonyl (C=O) groups is 2. The molecule has 0 saturated carbocycles. The molecule has 0 aromatic heterocycles. The Bertz CT molecular complexity index is 1540. The van der Waals surface area contributed by atoms with Crippen LogP contribution in [0, 0.1) is 14.9 Å². The molecule has 0 aliphatic rings. The van der Waals surface area contributed by atoms with Crippen molar-refractivity contribution < 1.29 is 19.1 Å². The van der Waals surface area contributed by atoms with E-state index in [1.165, 1.54) is 30.7 Å². The summed E-state index contributed by atoms with van der Waals surface area (Å²) in [4.78, 5) is 24.2. The van der Waals surface area contributed by atoms with Gasteiger partial charge >= 0.3 is 5.97 Å². The third-order valence-corrected chi connectivity index (χ3v) is 6.85. The fourth-order valence-electron chi connectivity index (χ4n) is 3.61. The summed E-state index contributed by atoms with van der Waals surface area (Å²) in [6.45, 7) is 0.398. The van der Waals surface area contributed by atoms with Crippen LogP contribution < -0.4 is 10.1 Å². The standard InChI is InChI=1S/C29H20BrIN2O4/c1-36-29(35)21-8-10-24(11-9-21)33-28(34)23(16-32)13-19-14-25(30)27(26(31)15-19)37-17-18-6-7-20-4-2-3-5-22(20)12-18/h2-15H,17H2,1H3,(H,33,34)/b23-13+. The van der Waals surface area contributed by atoms with Gasteiger partial charge in [0.1, 0.15) is 24.0 Å². The molecule has 1 amide bonds. The average Bonchev–Trinajstić information content (AvgIpc) is 2.91. The van der Waals surface area contributed by atoms with E-state index >= 15 is 0 Å². The number of fused-ring (bicyclic) bond motifs is 1. The summed E-state index contributed by atoms with van der Waals surface area (Å²) in [7, 11) is 1.30. The monoisotopic (exact) mass is 666 g/mol. The van der Waals surface area contributed by atoms with Crippen molar-refractivity contribution in [3.05, 3.63) is 109 Å². The Morgan fingerprint density at radius 1 is 1.03 bits per heavy atom. The Morgan fingerprint density at radius 3 is 2.43 bits per heavy atom. The van der Waals surface area contributed by atoms with Crippen molar-refractivity contribution in [3.63, 3.8) is 0 Å². The van der Waals surface area contributed by atoms with E-state index in [-0.39, 0.29) is 5.57 Å². The van der Waals surface area contributed by atoms with Gasteiger partial charge in [0.2, 0.25) is 0 Å². The average molecular weight is 667 g/mol. The van der Waals surface area contributed by atoms with Crippen LogP contribution in [0.5, 0.6) is 5.75 Å². The van der Waals surface area contributed by atoms with Gasteiger partial charge in [-0.2, -0.15) is 5.26 Å². The molecule has 0 heterocycles. The summed E-state index contributed by atoms with van der Waals surface area (Å²) in [6.07, 6.45) is 1.51. The van der Waals surface area contributed by atoms with E-state index in [4.69, 9.17) is 4.74 Å². The van der Waals surface area contributed by atoms with Gasteiger partial charge < -0.3 is 14.8 Å². The molecule has 0 saturated heterocycles. The lowest BCUT2D eigenvalue weighted by molar-refractivity contribution is -0.112. The van der Waals surface area contributed by atoms with E-state index < -0.39 is 11.9 Å². The Kier molecular flexibility index (Phi) is 8.58. The van der Waals surface area contributed by atoms with Gasteiger partial charge in [-0.25, -0.2) is 4.79 Å². The lowest BCUT2D eigenvalue weighted by Gasteiger charge is -2.12. The fourth-order valence-corrected chi connectivity index (χ4v) is 5.37. The van der Waals surface area contributed by atoms with E-state index in [1.807, 2.05) is 30.3 Å². The first-order valence-electron chi connectivity index (χ1n) is 11.1. The van der Waals surface area contributed by atoms with Crippen LogP contribution in [0.2, 0.25) is 0 Å². The number of nitrogens with one attached hydrogen (secondary N) is 1. The number of halogens is 2. The normalized spacial score (nSPS) is 11.0. The number of esters is 1. The number of benzene rings is 4. The molecule has 0 radical (unpaired) electrons. The molecule has 1 N–H and O–H groups in total. The minimum absolute atomic E-state index is 0.0652. The van der Waals surface area contributed by atoms with Crippen molar-refractivity contribution in [2.45, 2.75) is 6.61 Å². The number of methoxy groups -OCH3 is 1. The zero-order valence-electron chi connectivity index (χ0n) is 19.6. The molecular weight excluding hydrogens is 647 g/mol. The Balaban J connectivity index is 1.47. The first kappa shape index (κ1) is 26.4. The summed E-state index contributed by atoms with van der Waals surface area (Å²) in [6, 6.07) is 26.2. The molecule has 0 unspecified atom stereocenters. The van der Waals surface area contributed by atoms with Crippen LogP contribution in [0.1, 0.15) is 21.5 Å². The quantitative estimate of drug-likeness (QED) is 0.0983. The molecule has 4 rings (SSSR count). The van der Waals surface area contributed by atoms with Crippen LogP contribution >= 0.6 is 38.5 Å². The van der Waals surface area contributed by atoms with E-state index in [0.717, 1.165) is 14.5 Å². The van der Waals surface area contributed by atoms with Crippen molar-refractivity contribution in [3.8, 4) is 11.8 Å². The van der Waals surface area contributed by atoms with E-state index in [2.05, 4.69) is 72.8 Å². The van der Waals surface area contributed by atoms with Crippen LogP contribution in [-0.2, 0) is 16.1 Å². The molecule has 0 spiro atoms. The SMILES string of the molecule is COC(=O)c1ccc(NC(=O)/C(C#N)=C/c2cc(Br)c(OCc3ccc4ccccc4c3)c(I)c2)cc1. The van der Waals surface area contributed by atoms with Crippen LogP contribution in [0.15, 0.2) is 88.9 Å². The van der Waals surface area contributed by atoms with Crippen molar-refractivity contribution in [1.82, 2.24) is 0 Å². The zero-order chi connectivity index (χ0) is 26.4. The number of ether oxygens (including phenoxy) is 2. The highest BCUT2D eigenvalue weighted by Gasteiger charge is 2.14. The Labute approximate surface area is 236 Å². The molecule has 8 heteroatoms. The predicted molar refractivity (Wildman–Crippen MR) is 155 cm³/mol. The Hall–Kier alpha value is -3.68. The lowest BCUT2D eigenvalue weighted by Crippen LogP contribution is -2.13. The molecule has 184 valence electrons. The fraction of sp³-hybridized carbons (Fsp3) is 0.0690. The van der Waals surface area contributed by atoms with Gasteiger partial charge in [0.15, 0.2) is 0 Å². The second-order valence-electron chi connectivity index (χ2n) is 7.98. The van der Waals surface area contributed by atoms with Gasteiger partial charge in [0.25, 0.3) is 5.91 Å². The van der Waals surface area contributed by atoms with Crippen LogP contribution in [0.25, 0.3) is 16.8 Å². The van der Waals surface area contributed by atoms with Gasteiger partial charge in [-0.05, 0) is 109 Å². The maximum atomic E-state index is 12.7.